The van der Waals surface area contributed by atoms with E-state index in [0.717, 1.165) is 32.1 Å². The Morgan fingerprint density at radius 2 is 1.94 bits per heavy atom. The van der Waals surface area contributed by atoms with E-state index in [4.69, 9.17) is 9.47 Å². The highest BCUT2D eigenvalue weighted by Crippen LogP contribution is 2.23. The Labute approximate surface area is 98.9 Å². The Morgan fingerprint density at radius 3 is 2.62 bits per heavy atom. The zero-order valence-electron chi connectivity index (χ0n) is 10.4. The van der Waals surface area contributed by atoms with Crippen molar-refractivity contribution in [2.24, 2.45) is 5.92 Å². The standard InChI is InChI=1S/C13H25NO2/c1-15-13-7-12(14-8-13)10-16-9-11-5-3-2-4-6-11/h11-14H,2-10H2,1H3/t12-,13-/m0/s1. The van der Waals surface area contributed by atoms with Crippen LogP contribution in [0.1, 0.15) is 38.5 Å². The molecular formula is C13H25NO2. The van der Waals surface area contributed by atoms with Crippen molar-refractivity contribution in [1.29, 1.82) is 0 Å². The molecule has 1 saturated carbocycles. The molecule has 2 aliphatic rings. The van der Waals surface area contributed by atoms with Gasteiger partial charge in [0, 0.05) is 26.3 Å². The minimum Gasteiger partial charge on any atom is -0.380 e. The van der Waals surface area contributed by atoms with Gasteiger partial charge in [0.25, 0.3) is 0 Å². The molecule has 3 heteroatoms. The van der Waals surface area contributed by atoms with Crippen LogP contribution in [0.15, 0.2) is 0 Å². The highest BCUT2D eigenvalue weighted by molar-refractivity contribution is 4.81. The van der Waals surface area contributed by atoms with Gasteiger partial charge in [-0.2, -0.15) is 0 Å². The molecule has 1 aliphatic heterocycles. The van der Waals surface area contributed by atoms with E-state index >= 15 is 0 Å². The minimum absolute atomic E-state index is 0.392. The topological polar surface area (TPSA) is 30.5 Å². The molecule has 3 nitrogen and oxygen atoms in total. The quantitative estimate of drug-likeness (QED) is 0.779. The molecule has 1 N–H and O–H groups in total. The van der Waals surface area contributed by atoms with Gasteiger partial charge in [-0.25, -0.2) is 0 Å². The van der Waals surface area contributed by atoms with Crippen LogP contribution in [0.2, 0.25) is 0 Å². The molecule has 2 fully saturated rings. The van der Waals surface area contributed by atoms with Crippen LogP contribution in [0.4, 0.5) is 0 Å². The fraction of sp³-hybridized carbons (Fsp3) is 1.00. The predicted octanol–water partition coefficient (Wildman–Crippen LogP) is 1.96. The maximum Gasteiger partial charge on any atom is 0.0711 e. The van der Waals surface area contributed by atoms with E-state index in [1.807, 2.05) is 0 Å². The van der Waals surface area contributed by atoms with Crippen LogP contribution in [-0.4, -0.2) is 39.0 Å². The summed E-state index contributed by atoms with van der Waals surface area (Å²) in [5.41, 5.74) is 0. The van der Waals surface area contributed by atoms with Crippen molar-refractivity contribution in [3.05, 3.63) is 0 Å². The summed E-state index contributed by atoms with van der Waals surface area (Å²) in [5.74, 6) is 0.827. The number of rotatable bonds is 5. The molecule has 0 radical (unpaired) electrons. The first-order valence-electron chi connectivity index (χ1n) is 6.72. The van der Waals surface area contributed by atoms with Gasteiger partial charge in [0.15, 0.2) is 0 Å². The van der Waals surface area contributed by atoms with E-state index in [9.17, 15) is 0 Å². The molecule has 0 unspecified atom stereocenters. The molecule has 0 bridgehead atoms. The zero-order chi connectivity index (χ0) is 11.2. The van der Waals surface area contributed by atoms with Crippen LogP contribution < -0.4 is 5.32 Å². The summed E-state index contributed by atoms with van der Waals surface area (Å²) < 4.78 is 11.2. The summed E-state index contributed by atoms with van der Waals surface area (Å²) in [4.78, 5) is 0. The van der Waals surface area contributed by atoms with Crippen molar-refractivity contribution < 1.29 is 9.47 Å². The monoisotopic (exact) mass is 227 g/mol. The number of hydrogen-bond acceptors (Lipinski definition) is 3. The first-order valence-corrected chi connectivity index (χ1v) is 6.72. The molecule has 0 spiro atoms. The second-order valence-electron chi connectivity index (χ2n) is 5.24. The first-order chi connectivity index (χ1) is 7.88. The third-order valence-corrected chi connectivity index (χ3v) is 3.91. The summed E-state index contributed by atoms with van der Waals surface area (Å²) in [6.45, 7) is 2.81. The molecule has 16 heavy (non-hydrogen) atoms. The van der Waals surface area contributed by atoms with Gasteiger partial charge in [0.1, 0.15) is 0 Å². The van der Waals surface area contributed by atoms with Gasteiger partial charge in [-0.05, 0) is 25.2 Å². The lowest BCUT2D eigenvalue weighted by molar-refractivity contribution is 0.0669. The summed E-state index contributed by atoms with van der Waals surface area (Å²) in [6, 6.07) is 0.508. The van der Waals surface area contributed by atoms with Crippen molar-refractivity contribution in [2.75, 3.05) is 26.9 Å². The highest BCUT2D eigenvalue weighted by Gasteiger charge is 2.24. The van der Waals surface area contributed by atoms with E-state index < -0.39 is 0 Å². The largest absolute Gasteiger partial charge is 0.380 e. The SMILES string of the molecule is CO[C@@H]1CN[C@H](COCC2CCCCC2)C1. The Morgan fingerprint density at radius 1 is 1.12 bits per heavy atom. The van der Waals surface area contributed by atoms with Gasteiger partial charge in [-0.1, -0.05) is 19.3 Å². The molecule has 0 aromatic carbocycles. The minimum atomic E-state index is 0.392. The molecular weight excluding hydrogens is 202 g/mol. The Balaban J connectivity index is 1.54. The van der Waals surface area contributed by atoms with Crippen LogP contribution >= 0.6 is 0 Å². The lowest BCUT2D eigenvalue weighted by Gasteiger charge is -2.22. The van der Waals surface area contributed by atoms with Crippen molar-refractivity contribution in [3.8, 4) is 0 Å². The molecule has 2 atom stereocenters. The van der Waals surface area contributed by atoms with E-state index in [0.29, 0.717) is 12.1 Å². The van der Waals surface area contributed by atoms with Crippen molar-refractivity contribution in [2.45, 2.75) is 50.7 Å². The summed E-state index contributed by atoms with van der Waals surface area (Å²) in [7, 11) is 1.79. The van der Waals surface area contributed by atoms with Gasteiger partial charge in [0.05, 0.1) is 12.7 Å². The van der Waals surface area contributed by atoms with E-state index in [-0.39, 0.29) is 0 Å². The third-order valence-electron chi connectivity index (χ3n) is 3.91. The average molecular weight is 227 g/mol. The first kappa shape index (κ1) is 12.3. The van der Waals surface area contributed by atoms with Crippen molar-refractivity contribution in [1.82, 2.24) is 5.32 Å². The average Bonchev–Trinajstić information content (AvgIpc) is 2.78. The van der Waals surface area contributed by atoms with E-state index in [2.05, 4.69) is 5.32 Å². The van der Waals surface area contributed by atoms with Gasteiger partial charge >= 0.3 is 0 Å². The van der Waals surface area contributed by atoms with Gasteiger partial charge in [-0.3, -0.25) is 0 Å². The van der Waals surface area contributed by atoms with Crippen LogP contribution in [-0.2, 0) is 9.47 Å². The van der Waals surface area contributed by atoms with E-state index in [1.165, 1.54) is 32.1 Å². The lowest BCUT2D eigenvalue weighted by Crippen LogP contribution is -2.28. The maximum atomic E-state index is 5.83. The summed E-state index contributed by atoms with van der Waals surface area (Å²) in [6.07, 6.45) is 8.47. The molecule has 1 heterocycles. The molecule has 0 amide bonds. The highest BCUT2D eigenvalue weighted by atomic mass is 16.5. The fourth-order valence-corrected chi connectivity index (χ4v) is 2.82. The van der Waals surface area contributed by atoms with Crippen LogP contribution in [0.3, 0.4) is 0 Å². The molecule has 1 aliphatic carbocycles. The molecule has 0 aromatic heterocycles. The van der Waals surface area contributed by atoms with Gasteiger partial charge in [0.2, 0.25) is 0 Å². The van der Waals surface area contributed by atoms with Crippen molar-refractivity contribution in [3.63, 3.8) is 0 Å². The Kier molecular flexibility index (Phi) is 5.07. The predicted molar refractivity (Wildman–Crippen MR) is 64.6 cm³/mol. The third kappa shape index (κ3) is 3.72. The molecule has 0 aromatic rings. The second kappa shape index (κ2) is 6.58. The number of ether oxygens (including phenoxy) is 2. The van der Waals surface area contributed by atoms with Gasteiger partial charge in [-0.15, -0.1) is 0 Å². The van der Waals surface area contributed by atoms with E-state index in [1.54, 1.807) is 7.11 Å². The Hall–Kier alpha value is -0.120. The number of hydrogen-bond donors (Lipinski definition) is 1. The molecule has 1 saturated heterocycles. The van der Waals surface area contributed by atoms with Crippen LogP contribution in [0, 0.1) is 5.92 Å². The van der Waals surface area contributed by atoms with Crippen LogP contribution in [0.25, 0.3) is 0 Å². The van der Waals surface area contributed by atoms with Crippen LogP contribution in [0.5, 0.6) is 0 Å². The molecule has 2 rings (SSSR count). The lowest BCUT2D eigenvalue weighted by atomic mass is 9.90. The maximum absolute atomic E-state index is 5.83. The zero-order valence-corrected chi connectivity index (χ0v) is 10.4. The molecule has 94 valence electrons. The van der Waals surface area contributed by atoms with Gasteiger partial charge < -0.3 is 14.8 Å². The smallest absolute Gasteiger partial charge is 0.0711 e. The second-order valence-corrected chi connectivity index (χ2v) is 5.24. The summed E-state index contributed by atoms with van der Waals surface area (Å²) >= 11 is 0. The summed E-state index contributed by atoms with van der Waals surface area (Å²) in [5, 5.41) is 3.45. The van der Waals surface area contributed by atoms with Crippen molar-refractivity contribution >= 4 is 0 Å². The Bertz CT molecular complexity index is 192. The number of methoxy groups -OCH3 is 1. The normalized spacial score (nSPS) is 32.1. The fourth-order valence-electron chi connectivity index (χ4n) is 2.82. The number of nitrogens with one attached hydrogen (secondary N) is 1.